The summed E-state index contributed by atoms with van der Waals surface area (Å²) in [5.74, 6) is 0.898. The van der Waals surface area contributed by atoms with Crippen LogP contribution in [-0.2, 0) is 6.61 Å². The molecule has 2 aromatic rings. The second kappa shape index (κ2) is 6.84. The van der Waals surface area contributed by atoms with Crippen molar-refractivity contribution in [2.24, 2.45) is 5.41 Å². The summed E-state index contributed by atoms with van der Waals surface area (Å²) >= 11 is 0. The van der Waals surface area contributed by atoms with Gasteiger partial charge in [-0.15, -0.1) is 0 Å². The van der Waals surface area contributed by atoms with Gasteiger partial charge in [0.15, 0.2) is 0 Å². The van der Waals surface area contributed by atoms with E-state index >= 15 is 0 Å². The van der Waals surface area contributed by atoms with E-state index in [2.05, 4.69) is 10.3 Å². The normalized spacial score (nSPS) is 18.6. The Morgan fingerprint density at radius 1 is 1.08 bits per heavy atom. The molecule has 0 radical (unpaired) electrons. The molecule has 2 aliphatic heterocycles. The summed E-state index contributed by atoms with van der Waals surface area (Å²) < 4.78 is 5.76. The molecule has 1 spiro atoms. The minimum atomic E-state index is 0.128. The number of carbonyl (C=O) groups excluding carboxylic acids is 1. The van der Waals surface area contributed by atoms with Gasteiger partial charge in [-0.2, -0.15) is 0 Å². The Hall–Kier alpha value is -2.40. The quantitative estimate of drug-likeness (QED) is 0.931. The van der Waals surface area contributed by atoms with E-state index in [4.69, 9.17) is 4.74 Å². The van der Waals surface area contributed by atoms with E-state index in [-0.39, 0.29) is 5.91 Å². The molecule has 0 bridgehead atoms. The summed E-state index contributed by atoms with van der Waals surface area (Å²) in [6, 6.07) is 11.3. The van der Waals surface area contributed by atoms with E-state index in [9.17, 15) is 4.79 Å². The first-order chi connectivity index (χ1) is 12.2. The average molecular weight is 337 g/mol. The van der Waals surface area contributed by atoms with Crippen LogP contribution in [0.25, 0.3) is 0 Å². The van der Waals surface area contributed by atoms with Crippen molar-refractivity contribution in [3.8, 4) is 5.75 Å². The topological polar surface area (TPSA) is 54.5 Å². The number of aromatic nitrogens is 1. The highest BCUT2D eigenvalue weighted by atomic mass is 16.5. The number of carbonyl (C=O) groups is 1. The van der Waals surface area contributed by atoms with Gasteiger partial charge in [0, 0.05) is 44.1 Å². The zero-order valence-electron chi connectivity index (χ0n) is 14.3. The van der Waals surface area contributed by atoms with Crippen LogP contribution >= 0.6 is 0 Å². The second-order valence-electron chi connectivity index (χ2n) is 7.06. The van der Waals surface area contributed by atoms with Crippen LogP contribution < -0.4 is 10.1 Å². The van der Waals surface area contributed by atoms with Crippen molar-refractivity contribution in [1.82, 2.24) is 15.2 Å². The molecule has 25 heavy (non-hydrogen) atoms. The van der Waals surface area contributed by atoms with E-state index in [1.165, 1.54) is 0 Å². The number of pyridine rings is 1. The Morgan fingerprint density at radius 3 is 2.36 bits per heavy atom. The van der Waals surface area contributed by atoms with Gasteiger partial charge in [0.2, 0.25) is 0 Å². The first-order valence-corrected chi connectivity index (χ1v) is 8.86. The summed E-state index contributed by atoms with van der Waals surface area (Å²) in [6.07, 6.45) is 5.73. The number of nitrogens with one attached hydrogen (secondary N) is 1. The minimum Gasteiger partial charge on any atom is -0.489 e. The van der Waals surface area contributed by atoms with Crippen LogP contribution in [0.5, 0.6) is 5.75 Å². The molecule has 130 valence electrons. The molecular weight excluding hydrogens is 314 g/mol. The van der Waals surface area contributed by atoms with Crippen molar-refractivity contribution in [2.75, 3.05) is 26.2 Å². The lowest BCUT2D eigenvalue weighted by atomic mass is 9.73. The first kappa shape index (κ1) is 16.1. The average Bonchev–Trinajstić information content (AvgIpc) is 2.66. The predicted octanol–water partition coefficient (Wildman–Crippen LogP) is 2.49. The van der Waals surface area contributed by atoms with Gasteiger partial charge in [0.1, 0.15) is 12.4 Å². The molecule has 4 rings (SSSR count). The van der Waals surface area contributed by atoms with Crippen molar-refractivity contribution >= 4 is 5.91 Å². The van der Waals surface area contributed by atoms with E-state index in [1.54, 1.807) is 12.4 Å². The monoisotopic (exact) mass is 337 g/mol. The lowest BCUT2D eigenvalue weighted by Crippen LogP contribution is -2.58. The van der Waals surface area contributed by atoms with E-state index < -0.39 is 0 Å². The molecule has 0 atom stereocenters. The Balaban J connectivity index is 1.33. The van der Waals surface area contributed by atoms with Crippen LogP contribution in [0.2, 0.25) is 0 Å². The molecule has 0 unspecified atom stereocenters. The molecule has 1 amide bonds. The van der Waals surface area contributed by atoms with Gasteiger partial charge in [-0.1, -0.05) is 0 Å². The fourth-order valence-electron chi connectivity index (χ4n) is 3.54. The van der Waals surface area contributed by atoms with Crippen LogP contribution in [0.15, 0.2) is 48.8 Å². The molecule has 2 saturated heterocycles. The van der Waals surface area contributed by atoms with Crippen molar-refractivity contribution in [3.05, 3.63) is 59.9 Å². The second-order valence-corrected chi connectivity index (χ2v) is 7.06. The maximum Gasteiger partial charge on any atom is 0.253 e. The van der Waals surface area contributed by atoms with Gasteiger partial charge in [0.05, 0.1) is 0 Å². The number of rotatable bonds is 4. The number of ether oxygens (including phenoxy) is 1. The predicted molar refractivity (Wildman–Crippen MR) is 95.5 cm³/mol. The maximum atomic E-state index is 12.7. The fourth-order valence-corrected chi connectivity index (χ4v) is 3.54. The van der Waals surface area contributed by atoms with Gasteiger partial charge in [-0.05, 0) is 60.2 Å². The lowest BCUT2D eigenvalue weighted by molar-refractivity contribution is 0.0414. The highest BCUT2D eigenvalue weighted by Gasteiger charge is 2.40. The van der Waals surface area contributed by atoms with Gasteiger partial charge in [-0.3, -0.25) is 9.78 Å². The molecule has 1 N–H and O–H groups in total. The molecule has 5 nitrogen and oxygen atoms in total. The van der Waals surface area contributed by atoms with Crippen LogP contribution in [0.4, 0.5) is 0 Å². The van der Waals surface area contributed by atoms with Gasteiger partial charge >= 0.3 is 0 Å². The van der Waals surface area contributed by atoms with Crippen LogP contribution in [0.3, 0.4) is 0 Å². The smallest absolute Gasteiger partial charge is 0.253 e. The van der Waals surface area contributed by atoms with Crippen LogP contribution in [-0.4, -0.2) is 42.0 Å². The van der Waals surface area contributed by atoms with Crippen molar-refractivity contribution < 1.29 is 9.53 Å². The molecule has 0 saturated carbocycles. The molecule has 1 aromatic carbocycles. The summed E-state index contributed by atoms with van der Waals surface area (Å²) in [6.45, 7) is 4.44. The third kappa shape index (κ3) is 3.51. The number of benzene rings is 1. The van der Waals surface area contributed by atoms with Gasteiger partial charge in [-0.25, -0.2) is 0 Å². The number of piperidine rings is 1. The zero-order chi connectivity index (χ0) is 17.1. The Labute approximate surface area is 148 Å². The van der Waals surface area contributed by atoms with Crippen molar-refractivity contribution in [3.63, 3.8) is 0 Å². The highest BCUT2D eigenvalue weighted by molar-refractivity contribution is 5.94. The molecule has 2 fully saturated rings. The SMILES string of the molecule is O=C(c1ccc(OCc2ccncc2)cc1)N1CCC2(CC1)CNC2. The maximum absolute atomic E-state index is 12.7. The zero-order valence-corrected chi connectivity index (χ0v) is 14.3. The standard InChI is InChI=1S/C20H23N3O2/c24-19(23-11-7-20(8-12-23)14-22-15-20)17-1-3-18(4-2-17)25-13-16-5-9-21-10-6-16/h1-6,9-10,22H,7-8,11-15H2. The highest BCUT2D eigenvalue weighted by Crippen LogP contribution is 2.35. The Morgan fingerprint density at radius 2 is 1.76 bits per heavy atom. The summed E-state index contributed by atoms with van der Waals surface area (Å²) in [7, 11) is 0. The summed E-state index contributed by atoms with van der Waals surface area (Å²) in [5.41, 5.74) is 2.27. The van der Waals surface area contributed by atoms with Gasteiger partial charge in [0.25, 0.3) is 5.91 Å². The third-order valence-corrected chi connectivity index (χ3v) is 5.37. The van der Waals surface area contributed by atoms with E-state index in [0.29, 0.717) is 12.0 Å². The Kier molecular flexibility index (Phi) is 4.40. The number of hydrogen-bond acceptors (Lipinski definition) is 4. The lowest BCUT2D eigenvalue weighted by Gasteiger charge is -2.48. The molecule has 3 heterocycles. The van der Waals surface area contributed by atoms with Crippen LogP contribution in [0.1, 0.15) is 28.8 Å². The Bertz CT molecular complexity index is 716. The molecule has 1 aromatic heterocycles. The summed E-state index contributed by atoms with van der Waals surface area (Å²) in [5, 5.41) is 3.36. The van der Waals surface area contributed by atoms with E-state index in [1.807, 2.05) is 41.3 Å². The number of likely N-dealkylation sites (tertiary alicyclic amines) is 1. The van der Waals surface area contributed by atoms with Crippen molar-refractivity contribution in [1.29, 1.82) is 0 Å². The number of amides is 1. The van der Waals surface area contributed by atoms with Gasteiger partial charge < -0.3 is 15.0 Å². The molecule has 2 aliphatic rings. The number of nitrogens with zero attached hydrogens (tertiary/aromatic N) is 2. The first-order valence-electron chi connectivity index (χ1n) is 8.86. The number of hydrogen-bond donors (Lipinski definition) is 1. The minimum absolute atomic E-state index is 0.128. The van der Waals surface area contributed by atoms with Crippen LogP contribution in [0, 0.1) is 5.41 Å². The van der Waals surface area contributed by atoms with Crippen molar-refractivity contribution in [2.45, 2.75) is 19.4 Å². The van der Waals surface area contributed by atoms with E-state index in [0.717, 1.165) is 55.9 Å². The summed E-state index contributed by atoms with van der Waals surface area (Å²) in [4.78, 5) is 18.6. The molecule has 5 heteroatoms. The largest absolute Gasteiger partial charge is 0.489 e. The molecular formula is C20H23N3O2. The fraction of sp³-hybridized carbons (Fsp3) is 0.400. The molecule has 0 aliphatic carbocycles. The third-order valence-electron chi connectivity index (χ3n) is 5.37.